The van der Waals surface area contributed by atoms with E-state index in [1.807, 2.05) is 6.07 Å². The number of carbonyl (C=O) groups is 3. The molecule has 0 spiro atoms. The zero-order valence-corrected chi connectivity index (χ0v) is 14.8. The molecular weight excluding hydrogens is 346 g/mol. The lowest BCUT2D eigenvalue weighted by molar-refractivity contribution is -0.122. The third kappa shape index (κ3) is 2.91. The smallest absolute Gasteiger partial charge is 0.329 e. The van der Waals surface area contributed by atoms with Crippen LogP contribution in [0, 0.1) is 0 Å². The first-order valence-corrected chi connectivity index (χ1v) is 8.74. The molecule has 4 rings (SSSR count). The molecule has 2 heterocycles. The maximum absolute atomic E-state index is 13.1. The number of likely N-dealkylation sites (tertiary alicyclic amines) is 1. The van der Waals surface area contributed by atoms with Crippen LogP contribution in [0.4, 0.5) is 10.5 Å². The fraction of sp³-hybridized carbons (Fsp3) is 0.250. The molecule has 7 heteroatoms. The number of para-hydroxylation sites is 1. The molecule has 138 valence electrons. The number of urea groups is 1. The van der Waals surface area contributed by atoms with Gasteiger partial charge in [0.05, 0.1) is 18.8 Å². The van der Waals surface area contributed by atoms with Crippen molar-refractivity contribution >= 4 is 23.5 Å². The molecule has 4 amide bonds. The van der Waals surface area contributed by atoms with E-state index in [-0.39, 0.29) is 17.9 Å². The van der Waals surface area contributed by atoms with Crippen LogP contribution in [0.25, 0.3) is 0 Å². The van der Waals surface area contributed by atoms with Crippen molar-refractivity contribution < 1.29 is 19.1 Å². The Morgan fingerprint density at radius 3 is 2.44 bits per heavy atom. The highest BCUT2D eigenvalue weighted by atomic mass is 16.5. The molecule has 2 saturated heterocycles. The molecule has 2 aromatic carbocycles. The normalized spacial score (nSPS) is 21.7. The molecule has 2 atom stereocenters. The second-order valence-electron chi connectivity index (χ2n) is 6.53. The lowest BCUT2D eigenvalue weighted by Gasteiger charge is -2.36. The minimum atomic E-state index is -0.711. The van der Waals surface area contributed by atoms with E-state index < -0.39 is 12.1 Å². The second kappa shape index (κ2) is 6.75. The Labute approximate surface area is 156 Å². The molecule has 2 aromatic rings. The van der Waals surface area contributed by atoms with E-state index in [0.717, 1.165) is 4.90 Å². The van der Waals surface area contributed by atoms with Crippen molar-refractivity contribution in [2.45, 2.75) is 18.5 Å². The number of ether oxygens (including phenoxy) is 1. The Morgan fingerprint density at radius 2 is 1.78 bits per heavy atom. The van der Waals surface area contributed by atoms with Crippen molar-refractivity contribution in [2.75, 3.05) is 18.6 Å². The number of nitrogens with one attached hydrogen (secondary N) is 1. The van der Waals surface area contributed by atoms with Gasteiger partial charge >= 0.3 is 6.03 Å². The average molecular weight is 365 g/mol. The quantitative estimate of drug-likeness (QED) is 0.903. The monoisotopic (exact) mass is 365 g/mol. The molecule has 0 aromatic heterocycles. The van der Waals surface area contributed by atoms with Crippen molar-refractivity contribution in [3.63, 3.8) is 0 Å². The highest BCUT2D eigenvalue weighted by molar-refractivity contribution is 6.19. The largest absolute Gasteiger partial charge is 0.497 e. The highest BCUT2D eigenvalue weighted by Gasteiger charge is 2.49. The van der Waals surface area contributed by atoms with Gasteiger partial charge in [-0.1, -0.05) is 18.2 Å². The SMILES string of the molecule is COc1ccc(C(=O)N2CC[C@@H]3NC(=O)N(c4ccccc4)C(=O)[C@H]32)cc1. The molecule has 0 radical (unpaired) electrons. The zero-order valence-electron chi connectivity index (χ0n) is 14.8. The molecule has 0 bridgehead atoms. The Morgan fingerprint density at radius 1 is 1.07 bits per heavy atom. The van der Waals surface area contributed by atoms with Crippen LogP contribution in [0.2, 0.25) is 0 Å². The Hall–Kier alpha value is -3.35. The third-order valence-corrected chi connectivity index (χ3v) is 5.00. The number of fused-ring (bicyclic) bond motifs is 1. The van der Waals surface area contributed by atoms with Crippen molar-refractivity contribution in [1.29, 1.82) is 0 Å². The van der Waals surface area contributed by atoms with Gasteiger partial charge in [-0.25, -0.2) is 9.69 Å². The van der Waals surface area contributed by atoms with Gasteiger partial charge in [-0.3, -0.25) is 9.59 Å². The second-order valence-corrected chi connectivity index (χ2v) is 6.53. The summed E-state index contributed by atoms with van der Waals surface area (Å²) in [5, 5.41) is 2.86. The number of anilines is 1. The maximum Gasteiger partial charge on any atom is 0.329 e. The van der Waals surface area contributed by atoms with Gasteiger partial charge in [-0.15, -0.1) is 0 Å². The lowest BCUT2D eigenvalue weighted by atomic mass is 10.0. The fourth-order valence-electron chi connectivity index (χ4n) is 3.65. The van der Waals surface area contributed by atoms with Crippen LogP contribution in [0.15, 0.2) is 54.6 Å². The van der Waals surface area contributed by atoms with Crippen LogP contribution in [0.3, 0.4) is 0 Å². The summed E-state index contributed by atoms with van der Waals surface area (Å²) in [6.07, 6.45) is 0.548. The summed E-state index contributed by atoms with van der Waals surface area (Å²) in [7, 11) is 1.56. The van der Waals surface area contributed by atoms with Crippen molar-refractivity contribution in [3.05, 3.63) is 60.2 Å². The summed E-state index contributed by atoms with van der Waals surface area (Å²) in [6, 6.07) is 14.0. The number of carbonyl (C=O) groups excluding carboxylic acids is 3. The first kappa shape index (κ1) is 17.1. The van der Waals surface area contributed by atoms with Crippen LogP contribution in [0.5, 0.6) is 5.75 Å². The molecule has 1 N–H and O–H groups in total. The number of rotatable bonds is 3. The van der Waals surface area contributed by atoms with E-state index in [9.17, 15) is 14.4 Å². The van der Waals surface area contributed by atoms with Gasteiger partial charge in [0.2, 0.25) is 0 Å². The molecule has 2 aliphatic heterocycles. The first-order chi connectivity index (χ1) is 13.1. The van der Waals surface area contributed by atoms with Gasteiger partial charge in [0.15, 0.2) is 0 Å². The lowest BCUT2D eigenvalue weighted by Crippen LogP contribution is -2.65. The number of nitrogens with zero attached hydrogens (tertiary/aromatic N) is 2. The van der Waals surface area contributed by atoms with Gasteiger partial charge in [-0.05, 0) is 42.8 Å². The van der Waals surface area contributed by atoms with E-state index in [0.29, 0.717) is 30.0 Å². The summed E-state index contributed by atoms with van der Waals surface area (Å²) in [5.74, 6) is 0.0408. The Kier molecular flexibility index (Phi) is 4.27. The summed E-state index contributed by atoms with van der Waals surface area (Å²) in [5.41, 5.74) is 0.967. The molecule has 0 aliphatic carbocycles. The van der Waals surface area contributed by atoms with E-state index in [4.69, 9.17) is 4.74 Å². The van der Waals surface area contributed by atoms with Gasteiger partial charge in [0.25, 0.3) is 11.8 Å². The van der Waals surface area contributed by atoms with Gasteiger partial charge in [0, 0.05) is 12.1 Å². The van der Waals surface area contributed by atoms with Crippen molar-refractivity contribution in [1.82, 2.24) is 10.2 Å². The fourth-order valence-corrected chi connectivity index (χ4v) is 3.65. The predicted octanol–water partition coefficient (Wildman–Crippen LogP) is 2.03. The average Bonchev–Trinajstić information content (AvgIpc) is 3.12. The first-order valence-electron chi connectivity index (χ1n) is 8.74. The highest BCUT2D eigenvalue weighted by Crippen LogP contribution is 2.29. The summed E-state index contributed by atoms with van der Waals surface area (Å²) >= 11 is 0. The predicted molar refractivity (Wildman–Crippen MR) is 98.7 cm³/mol. The third-order valence-electron chi connectivity index (χ3n) is 5.00. The minimum absolute atomic E-state index is 0.234. The van der Waals surface area contributed by atoms with Crippen molar-refractivity contribution in [3.8, 4) is 5.75 Å². The molecule has 7 nitrogen and oxygen atoms in total. The maximum atomic E-state index is 13.1. The Balaban J connectivity index is 1.62. The minimum Gasteiger partial charge on any atom is -0.497 e. The molecule has 2 fully saturated rings. The van der Waals surface area contributed by atoms with E-state index in [1.165, 1.54) is 0 Å². The van der Waals surface area contributed by atoms with Crippen LogP contribution in [-0.2, 0) is 4.79 Å². The van der Waals surface area contributed by atoms with Crippen LogP contribution in [0.1, 0.15) is 16.8 Å². The molecule has 2 aliphatic rings. The summed E-state index contributed by atoms with van der Waals surface area (Å²) in [6.45, 7) is 0.412. The molecule has 0 unspecified atom stereocenters. The van der Waals surface area contributed by atoms with E-state index >= 15 is 0 Å². The molecular formula is C20H19N3O4. The molecule has 27 heavy (non-hydrogen) atoms. The van der Waals surface area contributed by atoms with Gasteiger partial charge < -0.3 is 15.0 Å². The summed E-state index contributed by atoms with van der Waals surface area (Å²) in [4.78, 5) is 41.2. The van der Waals surface area contributed by atoms with Crippen LogP contribution >= 0.6 is 0 Å². The number of benzene rings is 2. The molecule has 0 saturated carbocycles. The van der Waals surface area contributed by atoms with Crippen LogP contribution < -0.4 is 15.0 Å². The standard InChI is InChI=1S/C20H19N3O4/c1-27-15-9-7-13(8-10-15)18(24)22-12-11-16-17(22)19(25)23(20(26)21-16)14-5-3-2-4-6-14/h2-10,16-17H,11-12H2,1H3,(H,21,26)/t16-,17-/m0/s1. The van der Waals surface area contributed by atoms with Crippen molar-refractivity contribution in [2.24, 2.45) is 0 Å². The van der Waals surface area contributed by atoms with E-state index in [1.54, 1.807) is 60.5 Å². The van der Waals surface area contributed by atoms with Gasteiger partial charge in [0.1, 0.15) is 11.8 Å². The Bertz CT molecular complexity index is 882. The number of imide groups is 1. The topological polar surface area (TPSA) is 79.0 Å². The number of hydrogen-bond donors (Lipinski definition) is 1. The summed E-state index contributed by atoms with van der Waals surface area (Å²) < 4.78 is 5.12. The van der Waals surface area contributed by atoms with Crippen LogP contribution in [-0.4, -0.2) is 48.5 Å². The van der Waals surface area contributed by atoms with E-state index in [2.05, 4.69) is 5.32 Å². The number of methoxy groups -OCH3 is 1. The number of hydrogen-bond acceptors (Lipinski definition) is 4. The van der Waals surface area contributed by atoms with Gasteiger partial charge in [-0.2, -0.15) is 0 Å². The number of amides is 4. The zero-order chi connectivity index (χ0) is 19.0.